The summed E-state index contributed by atoms with van der Waals surface area (Å²) >= 11 is 0. The highest BCUT2D eigenvalue weighted by Gasteiger charge is 2.18. The highest BCUT2D eigenvalue weighted by atomic mass is 19.1. The molecule has 0 radical (unpaired) electrons. The Hall–Kier alpha value is -1.20. The standard InChI is InChI=1S/C4H6FNO4/c1-3(7)10-2-4(5)6(8)9/h4H,2H2,1H3. The zero-order valence-electron chi connectivity index (χ0n) is 5.24. The topological polar surface area (TPSA) is 69.4 Å². The first-order chi connectivity index (χ1) is 4.54. The van der Waals surface area contributed by atoms with Crippen LogP contribution >= 0.6 is 0 Å². The zero-order chi connectivity index (χ0) is 8.15. The molecule has 0 aliphatic carbocycles. The van der Waals surface area contributed by atoms with Gasteiger partial charge in [0.05, 0.1) is 4.92 Å². The van der Waals surface area contributed by atoms with E-state index in [0.29, 0.717) is 0 Å². The lowest BCUT2D eigenvalue weighted by atomic mass is 10.6. The number of nitrogens with zero attached hydrogens (tertiary/aromatic N) is 1. The van der Waals surface area contributed by atoms with E-state index in [4.69, 9.17) is 0 Å². The molecule has 0 aromatic carbocycles. The molecule has 1 unspecified atom stereocenters. The summed E-state index contributed by atoms with van der Waals surface area (Å²) in [6.07, 6.45) is -2.32. The lowest BCUT2D eigenvalue weighted by Gasteiger charge is -1.99. The maximum atomic E-state index is 11.9. The Morgan fingerprint density at radius 3 is 2.70 bits per heavy atom. The average Bonchev–Trinajstić information content (AvgIpc) is 1.82. The second-order valence-corrected chi connectivity index (χ2v) is 1.52. The molecule has 0 spiro atoms. The summed E-state index contributed by atoms with van der Waals surface area (Å²) < 4.78 is 15.9. The molecule has 0 fully saturated rings. The van der Waals surface area contributed by atoms with Gasteiger partial charge >= 0.3 is 12.3 Å². The van der Waals surface area contributed by atoms with Gasteiger partial charge in [0.15, 0.2) is 6.61 Å². The van der Waals surface area contributed by atoms with Crippen molar-refractivity contribution in [3.8, 4) is 0 Å². The van der Waals surface area contributed by atoms with E-state index in [1.165, 1.54) is 0 Å². The van der Waals surface area contributed by atoms with Crippen molar-refractivity contribution in [1.82, 2.24) is 0 Å². The Morgan fingerprint density at radius 2 is 2.40 bits per heavy atom. The van der Waals surface area contributed by atoms with E-state index in [-0.39, 0.29) is 0 Å². The van der Waals surface area contributed by atoms with Crippen molar-refractivity contribution in [3.05, 3.63) is 10.1 Å². The summed E-state index contributed by atoms with van der Waals surface area (Å²) in [6, 6.07) is 0. The van der Waals surface area contributed by atoms with E-state index >= 15 is 0 Å². The largest absolute Gasteiger partial charge is 0.455 e. The highest BCUT2D eigenvalue weighted by molar-refractivity contribution is 5.65. The smallest absolute Gasteiger partial charge is 0.382 e. The van der Waals surface area contributed by atoms with Crippen molar-refractivity contribution in [2.24, 2.45) is 0 Å². The molecular weight excluding hydrogens is 145 g/mol. The van der Waals surface area contributed by atoms with E-state index in [1.807, 2.05) is 0 Å². The summed E-state index contributed by atoms with van der Waals surface area (Å²) in [7, 11) is 0. The molecule has 0 amide bonds. The molecule has 5 nitrogen and oxygen atoms in total. The van der Waals surface area contributed by atoms with Crippen molar-refractivity contribution in [2.45, 2.75) is 13.2 Å². The van der Waals surface area contributed by atoms with Crippen molar-refractivity contribution in [1.29, 1.82) is 0 Å². The fourth-order valence-corrected chi connectivity index (χ4v) is 0.247. The summed E-state index contributed by atoms with van der Waals surface area (Å²) in [4.78, 5) is 18.3. The minimum absolute atomic E-state index is 0.732. The molecule has 0 aliphatic rings. The fourth-order valence-electron chi connectivity index (χ4n) is 0.247. The lowest BCUT2D eigenvalue weighted by Crippen LogP contribution is -2.21. The molecule has 0 aliphatic heterocycles. The number of alkyl halides is 1. The van der Waals surface area contributed by atoms with Crippen molar-refractivity contribution >= 4 is 5.97 Å². The second kappa shape index (κ2) is 3.76. The summed E-state index contributed by atoms with van der Waals surface area (Å²) in [5.41, 5.74) is 0. The molecule has 58 valence electrons. The van der Waals surface area contributed by atoms with Crippen molar-refractivity contribution < 1.29 is 18.8 Å². The Labute approximate surface area is 55.9 Å². The van der Waals surface area contributed by atoms with Crippen molar-refractivity contribution in [2.75, 3.05) is 6.61 Å². The van der Waals surface area contributed by atoms with Crippen LogP contribution in [0.3, 0.4) is 0 Å². The highest BCUT2D eigenvalue weighted by Crippen LogP contribution is 1.92. The van der Waals surface area contributed by atoms with Gasteiger partial charge < -0.3 is 4.74 Å². The molecule has 0 aromatic heterocycles. The fraction of sp³-hybridized carbons (Fsp3) is 0.750. The molecule has 0 bridgehead atoms. The number of ether oxygens (including phenoxy) is 1. The van der Waals surface area contributed by atoms with Gasteiger partial charge in [-0.25, -0.2) is 0 Å². The molecule has 0 rings (SSSR count). The predicted octanol–water partition coefficient (Wildman–Crippen LogP) is 0.122. The summed E-state index contributed by atoms with van der Waals surface area (Å²) in [5.74, 6) is -0.732. The number of halogens is 1. The van der Waals surface area contributed by atoms with Crippen LogP contribution in [0.4, 0.5) is 4.39 Å². The molecule has 1 atom stereocenters. The van der Waals surface area contributed by atoms with Crippen LogP contribution in [0.15, 0.2) is 0 Å². The van der Waals surface area contributed by atoms with Crippen LogP contribution in [0.2, 0.25) is 0 Å². The van der Waals surface area contributed by atoms with Crippen molar-refractivity contribution in [3.63, 3.8) is 0 Å². The Morgan fingerprint density at radius 1 is 1.90 bits per heavy atom. The van der Waals surface area contributed by atoms with Gasteiger partial charge in [-0.15, -0.1) is 0 Å². The number of carbonyl (C=O) groups is 1. The summed E-state index contributed by atoms with van der Waals surface area (Å²) in [6.45, 7) is 0.231. The zero-order valence-corrected chi connectivity index (χ0v) is 5.24. The van der Waals surface area contributed by atoms with Crippen LogP contribution in [0.25, 0.3) is 0 Å². The molecular formula is C4H6FNO4. The minimum Gasteiger partial charge on any atom is -0.455 e. The average molecular weight is 151 g/mol. The first kappa shape index (κ1) is 8.80. The maximum absolute atomic E-state index is 11.9. The molecule has 10 heavy (non-hydrogen) atoms. The van der Waals surface area contributed by atoms with Crippen LogP contribution in [-0.2, 0) is 9.53 Å². The van der Waals surface area contributed by atoms with Gasteiger partial charge in [-0.3, -0.25) is 14.9 Å². The minimum atomic E-state index is -2.32. The van der Waals surface area contributed by atoms with Crippen LogP contribution in [0, 0.1) is 10.1 Å². The van der Waals surface area contributed by atoms with Gasteiger partial charge in [0, 0.05) is 6.92 Å². The molecule has 0 N–H and O–H groups in total. The van der Waals surface area contributed by atoms with Gasteiger partial charge in [-0.05, 0) is 0 Å². The van der Waals surface area contributed by atoms with E-state index in [9.17, 15) is 19.3 Å². The van der Waals surface area contributed by atoms with Gasteiger partial charge in [-0.1, -0.05) is 0 Å². The van der Waals surface area contributed by atoms with Gasteiger partial charge in [0.25, 0.3) is 0 Å². The second-order valence-electron chi connectivity index (χ2n) is 1.52. The monoisotopic (exact) mass is 151 g/mol. The normalized spacial score (nSPS) is 12.2. The third-order valence-corrected chi connectivity index (χ3v) is 0.653. The van der Waals surface area contributed by atoms with Crippen LogP contribution in [0.5, 0.6) is 0 Å². The van der Waals surface area contributed by atoms with Gasteiger partial charge in [0.2, 0.25) is 0 Å². The molecule has 0 saturated heterocycles. The van der Waals surface area contributed by atoms with E-state index in [2.05, 4.69) is 4.74 Å². The molecule has 6 heteroatoms. The maximum Gasteiger partial charge on any atom is 0.382 e. The SMILES string of the molecule is CC(=O)OCC(F)[N+](=O)[O-]. The van der Waals surface area contributed by atoms with E-state index in [1.54, 1.807) is 0 Å². The molecule has 0 heterocycles. The van der Waals surface area contributed by atoms with E-state index < -0.39 is 23.8 Å². The van der Waals surface area contributed by atoms with Crippen LogP contribution in [0.1, 0.15) is 6.92 Å². The number of carbonyl (C=O) groups excluding carboxylic acids is 1. The summed E-state index contributed by atoms with van der Waals surface area (Å²) in [5, 5.41) is 9.55. The Balaban J connectivity index is 3.49. The third-order valence-electron chi connectivity index (χ3n) is 0.653. The van der Waals surface area contributed by atoms with Gasteiger partial charge in [-0.2, -0.15) is 4.39 Å². The molecule has 0 aromatic rings. The molecule has 0 saturated carbocycles. The first-order valence-electron chi connectivity index (χ1n) is 2.45. The van der Waals surface area contributed by atoms with Crippen LogP contribution in [-0.4, -0.2) is 23.8 Å². The van der Waals surface area contributed by atoms with Crippen LogP contribution < -0.4 is 0 Å². The quantitative estimate of drug-likeness (QED) is 0.248. The van der Waals surface area contributed by atoms with Gasteiger partial charge in [0.1, 0.15) is 0 Å². The number of nitro groups is 1. The number of rotatable bonds is 3. The number of hydrogen-bond donors (Lipinski definition) is 0. The lowest BCUT2D eigenvalue weighted by molar-refractivity contribution is -0.556. The predicted molar refractivity (Wildman–Crippen MR) is 28.5 cm³/mol. The van der Waals surface area contributed by atoms with E-state index in [0.717, 1.165) is 6.92 Å². The number of hydrogen-bond acceptors (Lipinski definition) is 4. The first-order valence-corrected chi connectivity index (χ1v) is 2.45. The third kappa shape index (κ3) is 3.76. The number of esters is 1. The Bertz CT molecular complexity index is 148. The Kier molecular flexibility index (Phi) is 3.30.